The Morgan fingerprint density at radius 2 is 1.47 bits per heavy atom. The Labute approximate surface area is 262 Å². The van der Waals surface area contributed by atoms with E-state index in [0.29, 0.717) is 32.8 Å². The van der Waals surface area contributed by atoms with Gasteiger partial charge >= 0.3 is 0 Å². The van der Waals surface area contributed by atoms with Crippen molar-refractivity contribution in [1.82, 2.24) is 24.5 Å². The Kier molecular flexibility index (Phi) is 6.94. The van der Waals surface area contributed by atoms with Crippen LogP contribution in [0.4, 0.5) is 24.5 Å². The number of para-hydroxylation sites is 2. The molecule has 1 fully saturated rings. The Morgan fingerprint density at radius 1 is 0.756 bits per heavy atom. The van der Waals surface area contributed by atoms with Gasteiger partial charge in [-0.25, -0.2) is 12.2 Å². The van der Waals surface area contributed by atoms with Crippen LogP contribution in [-0.2, 0) is 0 Å². The van der Waals surface area contributed by atoms with Gasteiger partial charge in [-0.05, 0) is 37.2 Å². The molecule has 7 nitrogen and oxygen atoms in total. The summed E-state index contributed by atoms with van der Waals surface area (Å²) in [5.41, 5.74) is 4.38. The van der Waals surface area contributed by atoms with Gasteiger partial charge in [0.15, 0.2) is 5.95 Å². The zero-order chi connectivity index (χ0) is 30.5. The molecule has 0 bridgehead atoms. The van der Waals surface area contributed by atoms with Gasteiger partial charge in [0.05, 0.1) is 38.1 Å². The number of hydrogen-bond donors (Lipinski definition) is 0. The molecule has 1 saturated heterocycles. The van der Waals surface area contributed by atoms with Crippen LogP contribution in [-0.4, -0.2) is 76.7 Å². The zero-order valence-electron chi connectivity index (χ0n) is 24.8. The fraction of sp³-hybridized carbons (Fsp3) is 0.257. The summed E-state index contributed by atoms with van der Waals surface area (Å²) in [7, 11) is 0. The number of rotatable bonds is 6. The molecule has 0 saturated carbocycles. The molecule has 6 aliphatic rings. The molecule has 45 heavy (non-hydrogen) atoms. The summed E-state index contributed by atoms with van der Waals surface area (Å²) < 4.78 is 46.1. The van der Waals surface area contributed by atoms with Crippen molar-refractivity contribution in [2.75, 3.05) is 55.9 Å². The van der Waals surface area contributed by atoms with Gasteiger partial charge in [0.1, 0.15) is 0 Å². The van der Waals surface area contributed by atoms with Gasteiger partial charge in [-0.2, -0.15) is 19.1 Å². The van der Waals surface area contributed by atoms with Crippen LogP contribution in [0.1, 0.15) is 6.42 Å². The zero-order valence-corrected chi connectivity index (χ0v) is 24.8. The third kappa shape index (κ3) is 4.89. The molecule has 232 valence electrons. The third-order valence-electron chi connectivity index (χ3n) is 9.28. The van der Waals surface area contributed by atoms with Crippen molar-refractivity contribution in [1.29, 1.82) is 0 Å². The Hall–Kier alpha value is -4.83. The summed E-state index contributed by atoms with van der Waals surface area (Å²) in [6.07, 6.45) is 13.0. The number of anilines is 2. The fourth-order valence-corrected chi connectivity index (χ4v) is 7.10. The van der Waals surface area contributed by atoms with Crippen molar-refractivity contribution in [2.24, 2.45) is 0 Å². The summed E-state index contributed by atoms with van der Waals surface area (Å²) in [5, 5.41) is 0. The molecule has 0 radical (unpaired) electrons. The molecule has 0 amide bonds. The number of hydrogen-bond acceptors (Lipinski definition) is 7. The van der Waals surface area contributed by atoms with E-state index >= 15 is 8.78 Å². The Balaban J connectivity index is 1.06. The van der Waals surface area contributed by atoms with Crippen LogP contribution in [0.3, 0.4) is 0 Å². The monoisotopic (exact) mass is 609 g/mol. The van der Waals surface area contributed by atoms with Gasteiger partial charge in [0.25, 0.3) is 0 Å². The van der Waals surface area contributed by atoms with Gasteiger partial charge in [0, 0.05) is 37.6 Å². The highest BCUT2D eigenvalue weighted by atomic mass is 19.1. The minimum Gasteiger partial charge on any atom is -0.372 e. The summed E-state index contributed by atoms with van der Waals surface area (Å²) >= 11 is 0. The maximum Gasteiger partial charge on any atom is 0.211 e. The molecule has 5 aliphatic heterocycles. The molecule has 0 spiro atoms. The van der Waals surface area contributed by atoms with Crippen LogP contribution in [0, 0.1) is 12.3 Å². The maximum absolute atomic E-state index is 15.7. The highest BCUT2D eigenvalue weighted by Gasteiger charge is 2.41. The lowest BCUT2D eigenvalue weighted by Gasteiger charge is -2.56. The number of benzene rings is 2. The van der Waals surface area contributed by atoms with Crippen LogP contribution in [0.15, 0.2) is 132 Å². The quantitative estimate of drug-likeness (QED) is 0.293. The summed E-state index contributed by atoms with van der Waals surface area (Å²) in [6.45, 7) is 4.32. The van der Waals surface area contributed by atoms with E-state index < -0.39 is 0 Å². The van der Waals surface area contributed by atoms with E-state index in [9.17, 15) is 4.39 Å². The standard InChI is InChI=1S/C35H34F3N7/c36-31-21-40(24-43(31)26-9-3-1-4-10-26)18-17-39-16-15-29-34(42-22-32(37)44(25-42)27-11-5-2-6-12-27)28-13-7-8-14-30(28)45-33(38)23-41(20-19-39)35(29)45/h1-14,21-23,35H,15-20,24-25H2/q-2. The molecular weight excluding hydrogens is 575 g/mol. The molecule has 2 aromatic rings. The number of nitrogens with zero attached hydrogens (tertiary/aromatic N) is 7. The molecule has 8 rings (SSSR count). The van der Waals surface area contributed by atoms with E-state index in [4.69, 9.17) is 0 Å². The normalized spacial score (nSPS) is 23.0. The lowest BCUT2D eigenvalue weighted by atomic mass is 9.84. The van der Waals surface area contributed by atoms with E-state index in [1.807, 2.05) is 95.1 Å². The number of halogens is 3. The van der Waals surface area contributed by atoms with E-state index in [1.165, 1.54) is 0 Å². The highest BCUT2D eigenvalue weighted by molar-refractivity contribution is 5.61. The minimum atomic E-state index is -0.329. The van der Waals surface area contributed by atoms with Gasteiger partial charge in [-0.1, -0.05) is 47.7 Å². The fourth-order valence-electron chi connectivity index (χ4n) is 7.10. The molecule has 1 atom stereocenters. The molecule has 1 aliphatic carbocycles. The van der Waals surface area contributed by atoms with E-state index in [2.05, 4.69) is 9.80 Å². The SMILES string of the molecule is FC1=CN(CCN2CCC3=C(N4C=C(F)N(c5ccccc5)C4)[C-]4C=C[CH-]C=C4N4C(F)=CN(CC2)C34)CN1c1ccccc1. The van der Waals surface area contributed by atoms with Crippen LogP contribution in [0.5, 0.6) is 0 Å². The second-order valence-corrected chi connectivity index (χ2v) is 11.9. The topological polar surface area (TPSA) is 22.7 Å². The largest absolute Gasteiger partial charge is 0.372 e. The van der Waals surface area contributed by atoms with Crippen LogP contribution >= 0.6 is 0 Å². The molecule has 5 heterocycles. The first-order valence-corrected chi connectivity index (χ1v) is 15.4. The van der Waals surface area contributed by atoms with Gasteiger partial charge in [0.2, 0.25) is 11.9 Å². The Morgan fingerprint density at radius 3 is 2.22 bits per heavy atom. The highest BCUT2D eigenvalue weighted by Crippen LogP contribution is 2.49. The maximum atomic E-state index is 15.7. The first kappa shape index (κ1) is 27.7. The van der Waals surface area contributed by atoms with E-state index in [-0.39, 0.29) is 24.0 Å². The number of fused-ring (bicyclic) bond motifs is 2. The van der Waals surface area contributed by atoms with Gasteiger partial charge < -0.3 is 24.5 Å². The average molecular weight is 610 g/mol. The van der Waals surface area contributed by atoms with Crippen molar-refractivity contribution >= 4 is 11.4 Å². The van der Waals surface area contributed by atoms with Crippen LogP contribution < -0.4 is 9.80 Å². The molecule has 0 N–H and O–H groups in total. The van der Waals surface area contributed by atoms with Gasteiger partial charge in [-0.3, -0.25) is 22.3 Å². The lowest BCUT2D eigenvalue weighted by molar-refractivity contribution is 0.131. The molecule has 2 aromatic carbocycles. The van der Waals surface area contributed by atoms with Crippen molar-refractivity contribution in [3.05, 3.63) is 145 Å². The van der Waals surface area contributed by atoms with Crippen molar-refractivity contribution in [2.45, 2.75) is 12.6 Å². The van der Waals surface area contributed by atoms with E-state index in [0.717, 1.165) is 53.9 Å². The smallest absolute Gasteiger partial charge is 0.211 e. The van der Waals surface area contributed by atoms with Crippen LogP contribution in [0.2, 0.25) is 0 Å². The second kappa shape index (κ2) is 11.3. The molecule has 1 unspecified atom stereocenters. The summed E-state index contributed by atoms with van der Waals surface area (Å²) in [6, 6.07) is 19.1. The van der Waals surface area contributed by atoms with Crippen molar-refractivity contribution < 1.29 is 13.2 Å². The Bertz CT molecular complexity index is 1630. The molecular formula is C35H34F3N7-2. The average Bonchev–Trinajstić information content (AvgIpc) is 3.74. The summed E-state index contributed by atoms with van der Waals surface area (Å²) in [5.74, 6) is 0.00871. The lowest BCUT2D eigenvalue weighted by Crippen LogP contribution is -2.52. The molecule has 0 aromatic heterocycles. The predicted octanol–water partition coefficient (Wildman–Crippen LogP) is 6.00. The van der Waals surface area contributed by atoms with Crippen LogP contribution in [0.25, 0.3) is 0 Å². The van der Waals surface area contributed by atoms with Crippen molar-refractivity contribution in [3.63, 3.8) is 0 Å². The minimum absolute atomic E-state index is 0.263. The predicted molar refractivity (Wildman–Crippen MR) is 169 cm³/mol. The first-order chi connectivity index (χ1) is 22.0. The van der Waals surface area contributed by atoms with Crippen molar-refractivity contribution in [3.8, 4) is 0 Å². The third-order valence-corrected chi connectivity index (χ3v) is 9.28. The first-order valence-electron chi connectivity index (χ1n) is 15.4. The number of allylic oxidation sites excluding steroid dienone is 2. The van der Waals surface area contributed by atoms with Gasteiger partial charge in [-0.15, -0.1) is 5.70 Å². The summed E-state index contributed by atoms with van der Waals surface area (Å²) in [4.78, 5) is 13.5. The molecule has 10 heteroatoms. The van der Waals surface area contributed by atoms with E-state index in [1.54, 1.807) is 33.3 Å². The second-order valence-electron chi connectivity index (χ2n) is 11.9.